The lowest BCUT2D eigenvalue weighted by Crippen LogP contribution is -2.38. The number of fused-ring (bicyclic) bond motifs is 1. The number of benzene rings is 1. The molecule has 0 saturated heterocycles. The average Bonchev–Trinajstić information content (AvgIpc) is 2.90. The Balaban J connectivity index is 2.31. The number of ether oxygens (including phenoxy) is 1. The first kappa shape index (κ1) is 17.5. The van der Waals surface area contributed by atoms with Gasteiger partial charge in [0, 0.05) is 23.6 Å². The predicted molar refractivity (Wildman–Crippen MR) is 89.3 cm³/mol. The fraction of sp³-hybridized carbons (Fsp3) is 0.500. The van der Waals surface area contributed by atoms with Crippen molar-refractivity contribution in [2.45, 2.75) is 46.4 Å². The Hall–Kier alpha value is -1.85. The van der Waals surface area contributed by atoms with Crippen LogP contribution < -0.4 is 5.32 Å². The predicted octanol–water partition coefficient (Wildman–Crippen LogP) is 3.10. The highest BCUT2D eigenvalue weighted by atomic mass is 16.5. The molecule has 0 aliphatic heterocycles. The van der Waals surface area contributed by atoms with Crippen molar-refractivity contribution in [3.63, 3.8) is 0 Å². The molecule has 2 rings (SSSR count). The van der Waals surface area contributed by atoms with Crippen LogP contribution in [-0.4, -0.2) is 29.8 Å². The Kier molecular flexibility index (Phi) is 5.80. The molecular formula is C18H25NO4. The monoisotopic (exact) mass is 319 g/mol. The number of hydrogen-bond donors (Lipinski definition) is 2. The minimum atomic E-state index is -0.281. The fourth-order valence-electron chi connectivity index (χ4n) is 2.25. The number of aliphatic hydroxyl groups is 1. The van der Waals surface area contributed by atoms with E-state index in [0.29, 0.717) is 12.2 Å². The van der Waals surface area contributed by atoms with Crippen LogP contribution in [0.3, 0.4) is 0 Å². The highest BCUT2D eigenvalue weighted by Gasteiger charge is 2.23. The maximum absolute atomic E-state index is 12.6. The minimum Gasteiger partial charge on any atom is -0.451 e. The molecule has 1 aromatic heterocycles. The first-order valence-electron chi connectivity index (χ1n) is 7.97. The molecule has 0 bridgehead atoms. The Bertz CT molecular complexity index is 662. The van der Waals surface area contributed by atoms with Gasteiger partial charge in [-0.1, -0.05) is 25.1 Å². The smallest absolute Gasteiger partial charge is 0.287 e. The van der Waals surface area contributed by atoms with Crippen molar-refractivity contribution < 1.29 is 19.1 Å². The van der Waals surface area contributed by atoms with Gasteiger partial charge in [-0.2, -0.15) is 0 Å². The van der Waals surface area contributed by atoms with E-state index in [1.807, 2.05) is 52.0 Å². The van der Waals surface area contributed by atoms with Gasteiger partial charge in [-0.05, 0) is 32.8 Å². The van der Waals surface area contributed by atoms with Gasteiger partial charge in [0.1, 0.15) is 5.58 Å². The van der Waals surface area contributed by atoms with E-state index in [4.69, 9.17) is 9.15 Å². The topological polar surface area (TPSA) is 71.7 Å². The summed E-state index contributed by atoms with van der Waals surface area (Å²) in [6.07, 6.45) is 0.0629. The van der Waals surface area contributed by atoms with Gasteiger partial charge in [-0.3, -0.25) is 4.79 Å². The Morgan fingerprint density at radius 3 is 2.61 bits per heavy atom. The number of hydrogen-bond acceptors (Lipinski definition) is 4. The van der Waals surface area contributed by atoms with Gasteiger partial charge in [0.2, 0.25) is 0 Å². The van der Waals surface area contributed by atoms with Crippen molar-refractivity contribution >= 4 is 16.9 Å². The third kappa shape index (κ3) is 4.12. The number of carbonyl (C=O) groups excluding carboxylic acids is 1. The standard InChI is InChI=1S/C18H25NO4/c1-11(2)22-10-15-14-7-5-6-8-16(14)23-17(15)18(21)19-13(4)12(3)9-20/h5-8,11-13,20H,9-10H2,1-4H3,(H,19,21). The Labute approximate surface area is 136 Å². The van der Waals surface area contributed by atoms with Gasteiger partial charge in [-0.25, -0.2) is 0 Å². The molecule has 1 aromatic carbocycles. The van der Waals surface area contributed by atoms with Crippen LogP contribution in [-0.2, 0) is 11.3 Å². The molecule has 2 N–H and O–H groups in total. The molecule has 0 aliphatic rings. The molecule has 2 unspecified atom stereocenters. The van der Waals surface area contributed by atoms with E-state index in [1.54, 1.807) is 0 Å². The van der Waals surface area contributed by atoms with Crippen molar-refractivity contribution in [1.82, 2.24) is 5.32 Å². The lowest BCUT2D eigenvalue weighted by atomic mass is 10.0. The maximum atomic E-state index is 12.6. The van der Waals surface area contributed by atoms with Crippen LogP contribution in [0, 0.1) is 5.92 Å². The van der Waals surface area contributed by atoms with E-state index in [2.05, 4.69) is 5.32 Å². The molecule has 0 aliphatic carbocycles. The third-order valence-electron chi connectivity index (χ3n) is 3.97. The Morgan fingerprint density at radius 1 is 1.26 bits per heavy atom. The summed E-state index contributed by atoms with van der Waals surface area (Å²) in [5, 5.41) is 13.0. The van der Waals surface area contributed by atoms with Crippen LogP contribution in [0.25, 0.3) is 11.0 Å². The van der Waals surface area contributed by atoms with Gasteiger partial charge in [0.25, 0.3) is 5.91 Å². The lowest BCUT2D eigenvalue weighted by molar-refractivity contribution is 0.0641. The minimum absolute atomic E-state index is 0.0187. The number of nitrogens with one attached hydrogen (secondary N) is 1. The van der Waals surface area contributed by atoms with Gasteiger partial charge in [0.15, 0.2) is 5.76 Å². The first-order valence-corrected chi connectivity index (χ1v) is 7.97. The lowest BCUT2D eigenvalue weighted by Gasteiger charge is -2.18. The fourth-order valence-corrected chi connectivity index (χ4v) is 2.25. The summed E-state index contributed by atoms with van der Waals surface area (Å²) in [6.45, 7) is 7.99. The molecular weight excluding hydrogens is 294 g/mol. The van der Waals surface area contributed by atoms with Gasteiger partial charge < -0.3 is 19.6 Å². The third-order valence-corrected chi connectivity index (χ3v) is 3.97. The van der Waals surface area contributed by atoms with Gasteiger partial charge >= 0.3 is 0 Å². The average molecular weight is 319 g/mol. The molecule has 1 amide bonds. The zero-order valence-corrected chi connectivity index (χ0v) is 14.1. The number of rotatable bonds is 7. The van der Waals surface area contributed by atoms with E-state index in [0.717, 1.165) is 10.9 Å². The molecule has 23 heavy (non-hydrogen) atoms. The molecule has 0 radical (unpaired) electrons. The summed E-state index contributed by atoms with van der Waals surface area (Å²) in [5.41, 5.74) is 1.43. The summed E-state index contributed by atoms with van der Waals surface area (Å²) in [6, 6.07) is 7.39. The SMILES string of the molecule is CC(C)OCc1c(C(=O)NC(C)C(C)CO)oc2ccccc12. The van der Waals surface area contributed by atoms with E-state index in [9.17, 15) is 9.90 Å². The largest absolute Gasteiger partial charge is 0.451 e. The maximum Gasteiger partial charge on any atom is 0.287 e. The highest BCUT2D eigenvalue weighted by Crippen LogP contribution is 2.27. The highest BCUT2D eigenvalue weighted by molar-refractivity contribution is 5.99. The summed E-state index contributed by atoms with van der Waals surface area (Å²) in [4.78, 5) is 12.6. The number of furan rings is 1. The quantitative estimate of drug-likeness (QED) is 0.822. The van der Waals surface area contributed by atoms with E-state index in [1.165, 1.54) is 0 Å². The molecule has 0 saturated carbocycles. The second-order valence-electron chi connectivity index (χ2n) is 6.19. The van der Waals surface area contributed by atoms with Crippen LogP contribution >= 0.6 is 0 Å². The zero-order valence-electron chi connectivity index (χ0n) is 14.1. The molecule has 1 heterocycles. The van der Waals surface area contributed by atoms with Crippen molar-refractivity contribution in [3.8, 4) is 0 Å². The summed E-state index contributed by atoms with van der Waals surface area (Å²) < 4.78 is 11.4. The van der Waals surface area contributed by atoms with Crippen molar-refractivity contribution in [2.24, 2.45) is 5.92 Å². The van der Waals surface area contributed by atoms with Crippen molar-refractivity contribution in [1.29, 1.82) is 0 Å². The van der Waals surface area contributed by atoms with Crippen LogP contribution in [0.2, 0.25) is 0 Å². The molecule has 2 aromatic rings. The van der Waals surface area contributed by atoms with Crippen LogP contribution in [0.1, 0.15) is 43.8 Å². The number of para-hydroxylation sites is 1. The molecule has 0 fully saturated rings. The number of carbonyl (C=O) groups is 1. The van der Waals surface area contributed by atoms with Crippen molar-refractivity contribution in [3.05, 3.63) is 35.6 Å². The van der Waals surface area contributed by atoms with Crippen LogP contribution in [0.15, 0.2) is 28.7 Å². The van der Waals surface area contributed by atoms with E-state index >= 15 is 0 Å². The Morgan fingerprint density at radius 2 is 1.96 bits per heavy atom. The summed E-state index contributed by atoms with van der Waals surface area (Å²) >= 11 is 0. The normalized spacial score (nSPS) is 14.2. The van der Waals surface area contributed by atoms with Crippen molar-refractivity contribution in [2.75, 3.05) is 6.61 Å². The number of aliphatic hydroxyl groups excluding tert-OH is 1. The second-order valence-corrected chi connectivity index (χ2v) is 6.19. The van der Waals surface area contributed by atoms with E-state index < -0.39 is 0 Å². The van der Waals surface area contributed by atoms with Crippen LogP contribution in [0.5, 0.6) is 0 Å². The summed E-state index contributed by atoms with van der Waals surface area (Å²) in [5.74, 6) is -0.0288. The number of amides is 1. The first-order chi connectivity index (χ1) is 10.9. The second kappa shape index (κ2) is 7.62. The molecule has 0 spiro atoms. The summed E-state index contributed by atoms with van der Waals surface area (Å²) in [7, 11) is 0. The van der Waals surface area contributed by atoms with Crippen LogP contribution in [0.4, 0.5) is 0 Å². The molecule has 5 heteroatoms. The van der Waals surface area contributed by atoms with Gasteiger partial charge in [0.05, 0.1) is 12.7 Å². The van der Waals surface area contributed by atoms with Gasteiger partial charge in [-0.15, -0.1) is 0 Å². The van der Waals surface area contributed by atoms with E-state index in [-0.39, 0.29) is 36.3 Å². The zero-order chi connectivity index (χ0) is 17.0. The molecule has 2 atom stereocenters. The molecule has 126 valence electrons. The molecule has 5 nitrogen and oxygen atoms in total.